The quantitative estimate of drug-likeness (QED) is 0.389. The lowest BCUT2D eigenvalue weighted by atomic mass is 9.97. The van der Waals surface area contributed by atoms with E-state index >= 15 is 0 Å². The number of furan rings is 1. The molecule has 160 valence electrons. The number of aromatic amines is 1. The highest BCUT2D eigenvalue weighted by molar-refractivity contribution is 5.94. The number of carboxylic acid groups (broad SMARTS) is 2. The molecule has 0 fully saturated rings. The number of nitrogens with one attached hydrogen (secondary N) is 2. The van der Waals surface area contributed by atoms with Crippen molar-refractivity contribution in [1.82, 2.24) is 15.3 Å². The third-order valence-electron chi connectivity index (χ3n) is 5.07. The Kier molecular flexibility index (Phi) is 6.19. The number of aromatic nitrogens is 2. The zero-order valence-corrected chi connectivity index (χ0v) is 16.0. The number of aryl methyl sites for hydroxylation is 2. The van der Waals surface area contributed by atoms with E-state index in [0.29, 0.717) is 36.3 Å². The molecule has 0 aromatic carbocycles. The van der Waals surface area contributed by atoms with Crippen LogP contribution in [0.5, 0.6) is 0 Å². The Morgan fingerprint density at radius 3 is 2.80 bits per heavy atom. The van der Waals surface area contributed by atoms with Gasteiger partial charge in [-0.1, -0.05) is 0 Å². The molecule has 0 radical (unpaired) electrons. The molecule has 2 heterocycles. The monoisotopic (exact) mass is 418 g/mol. The molecule has 11 heteroatoms. The van der Waals surface area contributed by atoms with Crippen LogP contribution in [-0.4, -0.2) is 44.1 Å². The normalized spacial score (nSPS) is 16.1. The average molecular weight is 418 g/mol. The van der Waals surface area contributed by atoms with Crippen LogP contribution >= 0.6 is 0 Å². The van der Waals surface area contributed by atoms with Gasteiger partial charge in [-0.15, -0.1) is 0 Å². The topological polar surface area (TPSA) is 189 Å². The molecule has 0 saturated carbocycles. The number of fused-ring (bicyclic) bond motifs is 1. The first kappa shape index (κ1) is 21.1. The molecule has 6 N–H and O–H groups in total. The minimum absolute atomic E-state index is 0.00614. The molecule has 11 nitrogen and oxygen atoms in total. The Hall–Kier alpha value is -3.63. The number of hydrogen-bond acceptors (Lipinski definition) is 7. The van der Waals surface area contributed by atoms with Crippen LogP contribution in [0.25, 0.3) is 0 Å². The third kappa shape index (κ3) is 4.85. The molecule has 1 unspecified atom stereocenters. The minimum atomic E-state index is -1.33. The smallest absolute Gasteiger partial charge is 0.326 e. The number of aliphatic carboxylic acids is 2. The summed E-state index contributed by atoms with van der Waals surface area (Å²) in [5, 5.41) is 20.1. The molecule has 1 aliphatic rings. The zero-order valence-electron chi connectivity index (χ0n) is 16.0. The number of hydrogen-bond donors (Lipinski definition) is 5. The molecular weight excluding hydrogens is 396 g/mol. The predicted octanol–water partition coefficient (Wildman–Crippen LogP) is 0.656. The Morgan fingerprint density at radius 1 is 1.33 bits per heavy atom. The van der Waals surface area contributed by atoms with E-state index in [-0.39, 0.29) is 36.0 Å². The minimum Gasteiger partial charge on any atom is -0.481 e. The maximum atomic E-state index is 12.2. The van der Waals surface area contributed by atoms with E-state index in [2.05, 4.69) is 15.3 Å². The molecule has 0 saturated heterocycles. The number of carbonyl (C=O) groups excluding carboxylic acids is 1. The van der Waals surface area contributed by atoms with Crippen LogP contribution in [0, 0.1) is 0 Å². The molecule has 2 aromatic rings. The molecule has 0 bridgehead atoms. The van der Waals surface area contributed by atoms with Crippen molar-refractivity contribution in [3.8, 4) is 0 Å². The Bertz CT molecular complexity index is 1030. The fourth-order valence-electron chi connectivity index (χ4n) is 3.61. The molecule has 0 aliphatic heterocycles. The fourth-order valence-corrected chi connectivity index (χ4v) is 3.61. The lowest BCUT2D eigenvalue weighted by Crippen LogP contribution is -2.41. The highest BCUT2D eigenvalue weighted by Gasteiger charge is 2.28. The molecular formula is C19H22N4O7. The van der Waals surface area contributed by atoms with Crippen LogP contribution in [0.2, 0.25) is 0 Å². The average Bonchev–Trinajstić information content (AvgIpc) is 3.29. The van der Waals surface area contributed by atoms with Gasteiger partial charge in [0.15, 0.2) is 5.76 Å². The number of carboxylic acids is 2. The van der Waals surface area contributed by atoms with Gasteiger partial charge in [0.1, 0.15) is 11.8 Å². The Balaban J connectivity index is 1.59. The first-order valence-corrected chi connectivity index (χ1v) is 9.47. The van der Waals surface area contributed by atoms with E-state index in [1.165, 1.54) is 6.07 Å². The summed E-state index contributed by atoms with van der Waals surface area (Å²) in [5.41, 5.74) is 6.68. The van der Waals surface area contributed by atoms with E-state index in [4.69, 9.17) is 20.4 Å². The summed E-state index contributed by atoms with van der Waals surface area (Å²) in [5.74, 6) is -2.65. The van der Waals surface area contributed by atoms with Crippen molar-refractivity contribution in [1.29, 1.82) is 0 Å². The lowest BCUT2D eigenvalue weighted by Gasteiger charge is -2.12. The molecule has 1 aliphatic carbocycles. The summed E-state index contributed by atoms with van der Waals surface area (Å²) in [4.78, 5) is 52.9. The van der Waals surface area contributed by atoms with Crippen molar-refractivity contribution >= 4 is 23.8 Å². The highest BCUT2D eigenvalue weighted by Crippen LogP contribution is 2.33. The summed E-state index contributed by atoms with van der Waals surface area (Å²) in [7, 11) is 0. The largest absolute Gasteiger partial charge is 0.481 e. The maximum Gasteiger partial charge on any atom is 0.326 e. The molecule has 1 amide bonds. The molecule has 2 atom stereocenters. The number of nitrogen functional groups attached to an aromatic ring is 1. The van der Waals surface area contributed by atoms with Gasteiger partial charge in [-0.05, 0) is 43.7 Å². The number of amides is 1. The van der Waals surface area contributed by atoms with E-state index in [0.717, 1.165) is 6.42 Å². The van der Waals surface area contributed by atoms with Gasteiger partial charge in [0.25, 0.3) is 11.5 Å². The van der Waals surface area contributed by atoms with Crippen molar-refractivity contribution < 1.29 is 29.0 Å². The first-order chi connectivity index (χ1) is 14.2. The second kappa shape index (κ2) is 8.80. The van der Waals surface area contributed by atoms with E-state index < -0.39 is 23.9 Å². The van der Waals surface area contributed by atoms with Crippen LogP contribution in [0.4, 0.5) is 5.95 Å². The van der Waals surface area contributed by atoms with Crippen molar-refractivity contribution in [3.05, 3.63) is 45.3 Å². The van der Waals surface area contributed by atoms with Crippen LogP contribution in [0.15, 0.2) is 21.3 Å². The predicted molar refractivity (Wildman–Crippen MR) is 103 cm³/mol. The number of H-pyrrole nitrogens is 1. The third-order valence-corrected chi connectivity index (χ3v) is 5.07. The summed E-state index contributed by atoms with van der Waals surface area (Å²) in [6.07, 6.45) is 1.91. The van der Waals surface area contributed by atoms with Gasteiger partial charge in [0.05, 0.1) is 5.69 Å². The maximum absolute atomic E-state index is 12.2. The van der Waals surface area contributed by atoms with Crippen LogP contribution in [0.3, 0.4) is 0 Å². The summed E-state index contributed by atoms with van der Waals surface area (Å²) in [6.45, 7) is 0. The van der Waals surface area contributed by atoms with Crippen molar-refractivity contribution in [2.45, 2.75) is 50.5 Å². The Morgan fingerprint density at radius 2 is 2.10 bits per heavy atom. The number of nitrogens with two attached hydrogens (primary N) is 1. The van der Waals surface area contributed by atoms with Gasteiger partial charge >= 0.3 is 11.9 Å². The van der Waals surface area contributed by atoms with Gasteiger partial charge in [-0.3, -0.25) is 19.4 Å². The summed E-state index contributed by atoms with van der Waals surface area (Å²) < 4.78 is 5.51. The van der Waals surface area contributed by atoms with Crippen molar-refractivity contribution in [3.63, 3.8) is 0 Å². The lowest BCUT2D eigenvalue weighted by molar-refractivity contribution is -0.140. The number of anilines is 1. The second-order valence-corrected chi connectivity index (χ2v) is 7.15. The Labute approximate surface area is 170 Å². The number of nitrogens with zero attached hydrogens (tertiary/aromatic N) is 1. The van der Waals surface area contributed by atoms with E-state index in [1.807, 2.05) is 0 Å². The molecule has 2 aromatic heterocycles. The fraction of sp³-hybridized carbons (Fsp3) is 0.421. The van der Waals surface area contributed by atoms with Gasteiger partial charge in [-0.25, -0.2) is 9.78 Å². The van der Waals surface area contributed by atoms with Crippen LogP contribution < -0.4 is 16.6 Å². The van der Waals surface area contributed by atoms with Gasteiger partial charge in [-0.2, -0.15) is 0 Å². The highest BCUT2D eigenvalue weighted by atomic mass is 16.4. The van der Waals surface area contributed by atoms with E-state index in [9.17, 15) is 19.2 Å². The van der Waals surface area contributed by atoms with Gasteiger partial charge < -0.3 is 25.7 Å². The summed E-state index contributed by atoms with van der Waals surface area (Å²) in [6, 6.07) is 1.71. The van der Waals surface area contributed by atoms with Crippen molar-refractivity contribution in [2.75, 3.05) is 5.73 Å². The second-order valence-electron chi connectivity index (χ2n) is 7.15. The SMILES string of the molecule is Nc1nc2c(c(=O)[nH]1)C(CCc1ccc(C(=O)N[C@@H](CCC(=O)O)C(=O)O)o1)CC2. The number of carbonyl (C=O) groups is 3. The van der Waals surface area contributed by atoms with Gasteiger partial charge in [0.2, 0.25) is 5.95 Å². The standard InChI is InChI=1S/C19H22N4O7/c20-19-22-11-5-2-9(15(11)17(27)23-19)1-3-10-4-7-13(30-10)16(26)21-12(18(28)29)6-8-14(24)25/h4,7,9,12H,1-3,5-6,8H2,(H,21,26)(H,24,25)(H,28,29)(H3,20,22,23,27)/t9?,12-/m0/s1. The molecule has 0 spiro atoms. The zero-order chi connectivity index (χ0) is 21.8. The molecule has 3 rings (SSSR count). The van der Waals surface area contributed by atoms with Gasteiger partial charge in [0, 0.05) is 18.4 Å². The number of rotatable bonds is 9. The van der Waals surface area contributed by atoms with E-state index in [1.54, 1.807) is 6.07 Å². The first-order valence-electron chi connectivity index (χ1n) is 9.47. The van der Waals surface area contributed by atoms with Crippen LogP contribution in [-0.2, 0) is 22.4 Å². The van der Waals surface area contributed by atoms with Crippen LogP contribution in [0.1, 0.15) is 59.2 Å². The summed E-state index contributed by atoms with van der Waals surface area (Å²) >= 11 is 0. The van der Waals surface area contributed by atoms with Crippen molar-refractivity contribution in [2.24, 2.45) is 0 Å². The molecule has 30 heavy (non-hydrogen) atoms.